The number of nitrogens with one attached hydrogen (secondary N) is 2. The molecule has 6 heteroatoms. The van der Waals surface area contributed by atoms with Crippen molar-refractivity contribution < 1.29 is 4.79 Å². The maximum absolute atomic E-state index is 11.4. The van der Waals surface area contributed by atoms with Crippen LogP contribution in [0.5, 0.6) is 0 Å². The number of aliphatic imine (C=N–C) groups is 1. The second kappa shape index (κ2) is 15.1. The van der Waals surface area contributed by atoms with E-state index in [9.17, 15) is 4.79 Å². The van der Waals surface area contributed by atoms with Crippen molar-refractivity contribution in [2.75, 3.05) is 33.7 Å². The molecule has 22 heavy (non-hydrogen) atoms. The largest absolute Gasteiger partial charge is 0.354 e. The molecule has 0 atom stereocenters. The van der Waals surface area contributed by atoms with E-state index in [0.29, 0.717) is 13.1 Å². The zero-order valence-electron chi connectivity index (χ0n) is 14.5. The second-order valence-electron chi connectivity index (χ2n) is 5.48. The Bertz CT molecular complexity index is 332. The van der Waals surface area contributed by atoms with Crippen LogP contribution < -0.4 is 10.6 Å². The average Bonchev–Trinajstić information content (AvgIpc) is 2.46. The fourth-order valence-electron chi connectivity index (χ4n) is 1.87. The highest BCUT2D eigenvalue weighted by molar-refractivity contribution is 14.0. The Morgan fingerprint density at radius 2 is 1.86 bits per heavy atom. The third kappa shape index (κ3) is 11.8. The minimum atomic E-state index is 0. The number of hydrogen-bond acceptors (Lipinski definition) is 2. The smallest absolute Gasteiger partial charge is 0.222 e. The summed E-state index contributed by atoms with van der Waals surface area (Å²) in [6, 6.07) is 0. The van der Waals surface area contributed by atoms with E-state index in [2.05, 4.69) is 27.1 Å². The molecule has 0 bridgehead atoms. The predicted molar refractivity (Wildman–Crippen MR) is 106 cm³/mol. The summed E-state index contributed by atoms with van der Waals surface area (Å²) in [7, 11) is 3.82. The maximum Gasteiger partial charge on any atom is 0.222 e. The standard InChI is InChI=1S/C16H32N4O.HI/c1-6-7-8-9-10-13-20(5)16(17-4)19-12-11-18-15(21)14(2)3;/h6,14H,1,7-13H2,2-5H3,(H,17,19)(H,18,21);1H. The number of guanidine groups is 1. The van der Waals surface area contributed by atoms with Crippen molar-refractivity contribution >= 4 is 35.8 Å². The van der Waals surface area contributed by atoms with E-state index in [1.54, 1.807) is 7.05 Å². The second-order valence-corrected chi connectivity index (χ2v) is 5.48. The molecular formula is C16H33IN4O. The first-order valence-corrected chi connectivity index (χ1v) is 7.83. The van der Waals surface area contributed by atoms with E-state index in [1.165, 1.54) is 12.8 Å². The number of amides is 1. The van der Waals surface area contributed by atoms with Crippen molar-refractivity contribution in [3.8, 4) is 0 Å². The van der Waals surface area contributed by atoms with Crippen molar-refractivity contribution in [1.29, 1.82) is 0 Å². The summed E-state index contributed by atoms with van der Waals surface area (Å²) in [6.45, 7) is 9.79. The van der Waals surface area contributed by atoms with E-state index in [1.807, 2.05) is 27.0 Å². The Morgan fingerprint density at radius 3 is 2.41 bits per heavy atom. The number of rotatable bonds is 10. The highest BCUT2D eigenvalue weighted by Gasteiger charge is 2.07. The van der Waals surface area contributed by atoms with Gasteiger partial charge in [-0.05, 0) is 19.3 Å². The molecule has 0 rings (SSSR count). The molecule has 2 N–H and O–H groups in total. The van der Waals surface area contributed by atoms with Gasteiger partial charge in [0.15, 0.2) is 5.96 Å². The number of halogens is 1. The van der Waals surface area contributed by atoms with Gasteiger partial charge in [-0.1, -0.05) is 26.3 Å². The van der Waals surface area contributed by atoms with Gasteiger partial charge >= 0.3 is 0 Å². The van der Waals surface area contributed by atoms with Crippen LogP contribution in [0.15, 0.2) is 17.6 Å². The molecule has 0 aliphatic rings. The Morgan fingerprint density at radius 1 is 1.23 bits per heavy atom. The monoisotopic (exact) mass is 424 g/mol. The Kier molecular flexibility index (Phi) is 16.1. The molecule has 130 valence electrons. The lowest BCUT2D eigenvalue weighted by molar-refractivity contribution is -0.123. The molecule has 0 aromatic rings. The van der Waals surface area contributed by atoms with E-state index >= 15 is 0 Å². The lowest BCUT2D eigenvalue weighted by Gasteiger charge is -2.22. The lowest BCUT2D eigenvalue weighted by atomic mass is 10.2. The summed E-state index contributed by atoms with van der Waals surface area (Å²) in [6.07, 6.45) is 6.61. The number of carbonyl (C=O) groups is 1. The molecule has 0 aromatic heterocycles. The fourth-order valence-corrected chi connectivity index (χ4v) is 1.87. The van der Waals surface area contributed by atoms with Crippen molar-refractivity contribution in [2.45, 2.75) is 39.5 Å². The molecule has 0 aliphatic heterocycles. The van der Waals surface area contributed by atoms with Crippen LogP contribution in [0, 0.1) is 5.92 Å². The van der Waals surface area contributed by atoms with Gasteiger partial charge in [-0.3, -0.25) is 9.79 Å². The van der Waals surface area contributed by atoms with Gasteiger partial charge in [0.1, 0.15) is 0 Å². The molecule has 5 nitrogen and oxygen atoms in total. The summed E-state index contributed by atoms with van der Waals surface area (Å²) >= 11 is 0. The summed E-state index contributed by atoms with van der Waals surface area (Å²) < 4.78 is 0. The number of nitrogens with zero attached hydrogens (tertiary/aromatic N) is 2. The molecule has 0 saturated carbocycles. The molecule has 0 aliphatic carbocycles. The van der Waals surface area contributed by atoms with E-state index in [4.69, 9.17) is 0 Å². The Balaban J connectivity index is 0. The van der Waals surface area contributed by atoms with E-state index in [-0.39, 0.29) is 35.8 Å². The van der Waals surface area contributed by atoms with E-state index < -0.39 is 0 Å². The van der Waals surface area contributed by atoms with Crippen LogP contribution in [0.25, 0.3) is 0 Å². The molecule has 0 radical (unpaired) electrons. The summed E-state index contributed by atoms with van der Waals surface area (Å²) in [5, 5.41) is 6.14. The number of carbonyl (C=O) groups excluding carboxylic acids is 1. The molecule has 0 fully saturated rings. The zero-order chi connectivity index (χ0) is 16.1. The van der Waals surface area contributed by atoms with Gasteiger partial charge in [-0.15, -0.1) is 30.6 Å². The SMILES string of the molecule is C=CCCCCCN(C)C(=NC)NCCNC(=O)C(C)C.I. The Labute approximate surface area is 153 Å². The van der Waals surface area contributed by atoms with Crippen LogP contribution in [0.2, 0.25) is 0 Å². The van der Waals surface area contributed by atoms with Gasteiger partial charge in [0, 0.05) is 39.6 Å². The third-order valence-electron chi connectivity index (χ3n) is 3.21. The van der Waals surface area contributed by atoms with Crippen molar-refractivity contribution in [1.82, 2.24) is 15.5 Å². The quantitative estimate of drug-likeness (QED) is 0.186. The van der Waals surface area contributed by atoms with Gasteiger partial charge in [0.25, 0.3) is 0 Å². The van der Waals surface area contributed by atoms with Crippen LogP contribution in [0.3, 0.4) is 0 Å². The number of allylic oxidation sites excluding steroid dienone is 1. The normalized spacial score (nSPS) is 10.9. The zero-order valence-corrected chi connectivity index (χ0v) is 16.9. The molecule has 0 spiro atoms. The first kappa shape index (κ1) is 23.5. The maximum atomic E-state index is 11.4. The topological polar surface area (TPSA) is 56.7 Å². The minimum Gasteiger partial charge on any atom is -0.354 e. The van der Waals surface area contributed by atoms with Crippen LogP contribution in [0.1, 0.15) is 39.5 Å². The first-order valence-electron chi connectivity index (χ1n) is 7.83. The van der Waals surface area contributed by atoms with Gasteiger partial charge in [0.2, 0.25) is 5.91 Å². The number of hydrogen-bond donors (Lipinski definition) is 2. The summed E-state index contributed by atoms with van der Waals surface area (Å²) in [4.78, 5) is 17.8. The van der Waals surface area contributed by atoms with E-state index in [0.717, 1.165) is 25.3 Å². The predicted octanol–water partition coefficient (Wildman–Crippen LogP) is 2.63. The molecule has 0 saturated heterocycles. The van der Waals surface area contributed by atoms with Crippen LogP contribution >= 0.6 is 24.0 Å². The molecule has 0 heterocycles. The molecular weight excluding hydrogens is 391 g/mol. The summed E-state index contributed by atoms with van der Waals surface area (Å²) in [5.74, 6) is 0.988. The van der Waals surface area contributed by atoms with Crippen molar-refractivity contribution in [2.24, 2.45) is 10.9 Å². The highest BCUT2D eigenvalue weighted by atomic mass is 127. The molecule has 0 aromatic carbocycles. The van der Waals surface area contributed by atoms with Crippen molar-refractivity contribution in [3.05, 3.63) is 12.7 Å². The van der Waals surface area contributed by atoms with Gasteiger partial charge in [0.05, 0.1) is 0 Å². The molecule has 1 amide bonds. The highest BCUT2D eigenvalue weighted by Crippen LogP contribution is 2.01. The van der Waals surface area contributed by atoms with Gasteiger partial charge in [-0.2, -0.15) is 0 Å². The first-order chi connectivity index (χ1) is 10.0. The van der Waals surface area contributed by atoms with Crippen LogP contribution in [-0.2, 0) is 4.79 Å². The van der Waals surface area contributed by atoms with Gasteiger partial charge in [-0.25, -0.2) is 0 Å². The van der Waals surface area contributed by atoms with Crippen LogP contribution in [0.4, 0.5) is 0 Å². The molecule has 0 unspecified atom stereocenters. The van der Waals surface area contributed by atoms with Gasteiger partial charge < -0.3 is 15.5 Å². The van der Waals surface area contributed by atoms with Crippen LogP contribution in [-0.4, -0.2) is 50.5 Å². The number of unbranched alkanes of at least 4 members (excludes halogenated alkanes) is 3. The van der Waals surface area contributed by atoms with Crippen molar-refractivity contribution in [3.63, 3.8) is 0 Å². The fraction of sp³-hybridized carbons (Fsp3) is 0.750. The summed E-state index contributed by atoms with van der Waals surface area (Å²) in [5.41, 5.74) is 0. The average molecular weight is 424 g/mol. The third-order valence-corrected chi connectivity index (χ3v) is 3.21. The minimum absolute atomic E-state index is 0. The Hall–Kier alpha value is -0.790. The lowest BCUT2D eigenvalue weighted by Crippen LogP contribution is -2.43.